The van der Waals surface area contributed by atoms with Gasteiger partial charge in [0.1, 0.15) is 5.60 Å². The first-order chi connectivity index (χ1) is 8.61. The SMILES string of the molecule is COc1cc(CCC(C)(C)C)ccc1OC(C)(C)C. The minimum atomic E-state index is -0.208. The summed E-state index contributed by atoms with van der Waals surface area (Å²) in [5, 5.41) is 0. The molecule has 0 spiro atoms. The fourth-order valence-corrected chi connectivity index (χ4v) is 1.80. The molecule has 0 bridgehead atoms. The van der Waals surface area contributed by atoms with Crippen LogP contribution in [0.3, 0.4) is 0 Å². The lowest BCUT2D eigenvalue weighted by Crippen LogP contribution is -2.23. The summed E-state index contributed by atoms with van der Waals surface area (Å²) >= 11 is 0. The average Bonchev–Trinajstić information content (AvgIpc) is 2.24. The average molecular weight is 264 g/mol. The van der Waals surface area contributed by atoms with E-state index < -0.39 is 0 Å². The summed E-state index contributed by atoms with van der Waals surface area (Å²) in [6, 6.07) is 6.24. The lowest BCUT2D eigenvalue weighted by Gasteiger charge is -2.23. The summed E-state index contributed by atoms with van der Waals surface area (Å²) in [4.78, 5) is 0. The zero-order valence-corrected chi connectivity index (χ0v) is 13.5. The molecule has 0 saturated carbocycles. The Hall–Kier alpha value is -1.18. The highest BCUT2D eigenvalue weighted by molar-refractivity contribution is 5.43. The summed E-state index contributed by atoms with van der Waals surface area (Å²) < 4.78 is 11.3. The van der Waals surface area contributed by atoms with Crippen molar-refractivity contribution in [2.24, 2.45) is 5.41 Å². The van der Waals surface area contributed by atoms with E-state index >= 15 is 0 Å². The molecule has 2 heteroatoms. The Morgan fingerprint density at radius 1 is 0.947 bits per heavy atom. The molecule has 0 heterocycles. The van der Waals surface area contributed by atoms with Crippen LogP contribution in [0.1, 0.15) is 53.5 Å². The van der Waals surface area contributed by atoms with E-state index in [9.17, 15) is 0 Å². The molecule has 0 aliphatic heterocycles. The van der Waals surface area contributed by atoms with Crippen LogP contribution < -0.4 is 9.47 Å². The first kappa shape index (κ1) is 15.9. The maximum atomic E-state index is 5.90. The van der Waals surface area contributed by atoms with E-state index in [1.165, 1.54) is 5.56 Å². The van der Waals surface area contributed by atoms with Crippen LogP contribution in [0.2, 0.25) is 0 Å². The van der Waals surface area contributed by atoms with Gasteiger partial charge in [0.05, 0.1) is 7.11 Å². The molecule has 19 heavy (non-hydrogen) atoms. The topological polar surface area (TPSA) is 18.5 Å². The normalized spacial score (nSPS) is 12.4. The number of methoxy groups -OCH3 is 1. The van der Waals surface area contributed by atoms with Crippen LogP contribution in [0.25, 0.3) is 0 Å². The smallest absolute Gasteiger partial charge is 0.161 e. The van der Waals surface area contributed by atoms with Gasteiger partial charge in [-0.2, -0.15) is 0 Å². The van der Waals surface area contributed by atoms with Gasteiger partial charge < -0.3 is 9.47 Å². The molecular formula is C17H28O2. The highest BCUT2D eigenvalue weighted by Gasteiger charge is 2.16. The van der Waals surface area contributed by atoms with Crippen LogP contribution in [-0.4, -0.2) is 12.7 Å². The monoisotopic (exact) mass is 264 g/mol. The molecule has 0 aromatic heterocycles. The lowest BCUT2D eigenvalue weighted by atomic mass is 9.88. The zero-order chi connectivity index (χ0) is 14.7. The van der Waals surface area contributed by atoms with E-state index in [2.05, 4.69) is 32.9 Å². The molecule has 1 rings (SSSR count). The molecule has 0 fully saturated rings. The predicted octanol–water partition coefficient (Wildman–Crippen LogP) is 4.85. The molecule has 108 valence electrons. The predicted molar refractivity (Wildman–Crippen MR) is 81.2 cm³/mol. The van der Waals surface area contributed by atoms with E-state index in [0.717, 1.165) is 24.3 Å². The van der Waals surface area contributed by atoms with Crippen molar-refractivity contribution in [1.29, 1.82) is 0 Å². The van der Waals surface area contributed by atoms with E-state index in [4.69, 9.17) is 9.47 Å². The number of hydrogen-bond donors (Lipinski definition) is 0. The first-order valence-electron chi connectivity index (χ1n) is 6.97. The van der Waals surface area contributed by atoms with E-state index in [0.29, 0.717) is 5.41 Å². The van der Waals surface area contributed by atoms with Gasteiger partial charge in [0, 0.05) is 0 Å². The molecule has 0 aliphatic carbocycles. The fraction of sp³-hybridized carbons (Fsp3) is 0.647. The molecule has 0 radical (unpaired) electrons. The van der Waals surface area contributed by atoms with Gasteiger partial charge in [0.2, 0.25) is 0 Å². The van der Waals surface area contributed by atoms with Crippen molar-refractivity contribution >= 4 is 0 Å². The Morgan fingerprint density at radius 3 is 2.05 bits per heavy atom. The van der Waals surface area contributed by atoms with E-state index in [1.807, 2.05) is 26.8 Å². The fourth-order valence-electron chi connectivity index (χ4n) is 1.80. The van der Waals surface area contributed by atoms with Gasteiger partial charge in [0.25, 0.3) is 0 Å². The third kappa shape index (κ3) is 6.00. The number of rotatable bonds is 4. The summed E-state index contributed by atoms with van der Waals surface area (Å²) in [6.07, 6.45) is 2.23. The van der Waals surface area contributed by atoms with Crippen LogP contribution >= 0.6 is 0 Å². The van der Waals surface area contributed by atoms with Crippen LogP contribution in [0.5, 0.6) is 11.5 Å². The van der Waals surface area contributed by atoms with Crippen molar-refractivity contribution in [2.75, 3.05) is 7.11 Å². The Labute approximate surface area is 118 Å². The van der Waals surface area contributed by atoms with Gasteiger partial charge in [-0.1, -0.05) is 26.8 Å². The Kier molecular flexibility index (Phi) is 4.89. The zero-order valence-electron chi connectivity index (χ0n) is 13.5. The Bertz CT molecular complexity index is 408. The quantitative estimate of drug-likeness (QED) is 0.774. The third-order valence-electron chi connectivity index (χ3n) is 2.81. The molecular weight excluding hydrogens is 236 g/mol. The van der Waals surface area contributed by atoms with E-state index in [1.54, 1.807) is 7.11 Å². The Morgan fingerprint density at radius 2 is 1.58 bits per heavy atom. The molecule has 2 nitrogen and oxygen atoms in total. The van der Waals surface area contributed by atoms with Gasteiger partial charge in [-0.15, -0.1) is 0 Å². The molecule has 0 atom stereocenters. The number of aryl methyl sites for hydroxylation is 1. The third-order valence-corrected chi connectivity index (χ3v) is 2.81. The molecule has 0 N–H and O–H groups in total. The summed E-state index contributed by atoms with van der Waals surface area (Å²) in [7, 11) is 1.69. The van der Waals surface area contributed by atoms with Crippen molar-refractivity contribution < 1.29 is 9.47 Å². The van der Waals surface area contributed by atoms with Crippen molar-refractivity contribution in [2.45, 2.75) is 60.0 Å². The van der Waals surface area contributed by atoms with E-state index in [-0.39, 0.29) is 5.60 Å². The maximum absolute atomic E-state index is 5.90. The van der Waals surface area contributed by atoms with Gasteiger partial charge in [-0.05, 0) is 56.7 Å². The molecule has 1 aromatic rings. The largest absolute Gasteiger partial charge is 0.493 e. The number of ether oxygens (including phenoxy) is 2. The molecule has 0 aliphatic rings. The Balaban J connectivity index is 2.84. The summed E-state index contributed by atoms with van der Waals surface area (Å²) in [5.74, 6) is 1.64. The van der Waals surface area contributed by atoms with Crippen molar-refractivity contribution in [3.63, 3.8) is 0 Å². The van der Waals surface area contributed by atoms with Crippen molar-refractivity contribution in [3.8, 4) is 11.5 Å². The lowest BCUT2D eigenvalue weighted by molar-refractivity contribution is 0.125. The second kappa shape index (κ2) is 5.85. The second-order valence-corrected chi connectivity index (χ2v) is 7.26. The highest BCUT2D eigenvalue weighted by atomic mass is 16.5. The summed E-state index contributed by atoms with van der Waals surface area (Å²) in [5.41, 5.74) is 1.45. The highest BCUT2D eigenvalue weighted by Crippen LogP contribution is 2.32. The van der Waals surface area contributed by atoms with Gasteiger partial charge in [-0.25, -0.2) is 0 Å². The molecule has 1 aromatic carbocycles. The standard InChI is InChI=1S/C17H28O2/c1-16(2,3)11-10-13-8-9-14(15(12-13)18-7)19-17(4,5)6/h8-9,12H,10-11H2,1-7H3. The summed E-state index contributed by atoms with van der Waals surface area (Å²) in [6.45, 7) is 12.9. The van der Waals surface area contributed by atoms with Crippen molar-refractivity contribution in [1.82, 2.24) is 0 Å². The van der Waals surface area contributed by atoms with Crippen LogP contribution in [-0.2, 0) is 6.42 Å². The van der Waals surface area contributed by atoms with Crippen LogP contribution in [0.15, 0.2) is 18.2 Å². The maximum Gasteiger partial charge on any atom is 0.161 e. The van der Waals surface area contributed by atoms with Crippen LogP contribution in [0.4, 0.5) is 0 Å². The minimum absolute atomic E-state index is 0.208. The number of hydrogen-bond acceptors (Lipinski definition) is 2. The van der Waals surface area contributed by atoms with Crippen LogP contribution in [0, 0.1) is 5.41 Å². The molecule has 0 saturated heterocycles. The molecule has 0 unspecified atom stereocenters. The first-order valence-corrected chi connectivity index (χ1v) is 6.97. The molecule has 0 amide bonds. The number of benzene rings is 1. The van der Waals surface area contributed by atoms with Gasteiger partial charge >= 0.3 is 0 Å². The van der Waals surface area contributed by atoms with Gasteiger partial charge in [-0.3, -0.25) is 0 Å². The minimum Gasteiger partial charge on any atom is -0.493 e. The van der Waals surface area contributed by atoms with Gasteiger partial charge in [0.15, 0.2) is 11.5 Å². The second-order valence-electron chi connectivity index (χ2n) is 7.26. The van der Waals surface area contributed by atoms with Crippen molar-refractivity contribution in [3.05, 3.63) is 23.8 Å².